The number of carbonyl (C=O) groups excluding carboxylic acids is 1. The summed E-state index contributed by atoms with van der Waals surface area (Å²) in [4.78, 5) is 17.9. The maximum absolute atomic E-state index is 13.4. The molecule has 138 valence electrons. The Balaban J connectivity index is 1.67. The van der Waals surface area contributed by atoms with Gasteiger partial charge in [0.1, 0.15) is 0 Å². The standard InChI is InChI=1S/C19H35N3O2/c1-13(2)18(22-11-14(3)24-15(4)12-22)19(23)21-7-5-16-9-20-10-17(16)6-8-21/h13-18,20H,5-12H2,1-4H3/t14?,15?,16-,17+,18?. The van der Waals surface area contributed by atoms with Crippen molar-refractivity contribution in [3.05, 3.63) is 0 Å². The number of hydrogen-bond acceptors (Lipinski definition) is 4. The third kappa shape index (κ3) is 3.94. The van der Waals surface area contributed by atoms with Crippen LogP contribution in [0.25, 0.3) is 0 Å². The number of carbonyl (C=O) groups is 1. The van der Waals surface area contributed by atoms with Gasteiger partial charge >= 0.3 is 0 Å². The third-order valence-corrected chi connectivity index (χ3v) is 6.06. The van der Waals surface area contributed by atoms with Crippen LogP contribution in [0.15, 0.2) is 0 Å². The Morgan fingerprint density at radius 1 is 1.04 bits per heavy atom. The van der Waals surface area contributed by atoms with E-state index in [1.807, 2.05) is 0 Å². The van der Waals surface area contributed by atoms with Crippen LogP contribution in [0.1, 0.15) is 40.5 Å². The van der Waals surface area contributed by atoms with E-state index in [0.717, 1.165) is 63.9 Å². The minimum absolute atomic E-state index is 0.00475. The topological polar surface area (TPSA) is 44.8 Å². The summed E-state index contributed by atoms with van der Waals surface area (Å²) in [5.41, 5.74) is 0. The molecule has 5 atom stereocenters. The second kappa shape index (κ2) is 7.71. The summed E-state index contributed by atoms with van der Waals surface area (Å²) in [5, 5.41) is 3.51. The van der Waals surface area contributed by atoms with Crippen LogP contribution in [-0.4, -0.2) is 73.2 Å². The Hall–Kier alpha value is -0.650. The highest BCUT2D eigenvalue weighted by atomic mass is 16.5. The lowest BCUT2D eigenvalue weighted by Gasteiger charge is -2.42. The van der Waals surface area contributed by atoms with Gasteiger partial charge in [0, 0.05) is 26.2 Å². The van der Waals surface area contributed by atoms with Gasteiger partial charge in [-0.1, -0.05) is 13.8 Å². The van der Waals surface area contributed by atoms with Gasteiger partial charge in [-0.25, -0.2) is 0 Å². The fourth-order valence-corrected chi connectivity index (χ4v) is 4.93. The van der Waals surface area contributed by atoms with Gasteiger partial charge < -0.3 is 15.0 Å². The molecule has 0 aliphatic carbocycles. The third-order valence-electron chi connectivity index (χ3n) is 6.06. The Labute approximate surface area is 147 Å². The van der Waals surface area contributed by atoms with Gasteiger partial charge in [-0.2, -0.15) is 0 Å². The second-order valence-electron chi connectivity index (χ2n) is 8.48. The number of likely N-dealkylation sites (tertiary alicyclic amines) is 1. The van der Waals surface area contributed by atoms with Crippen molar-refractivity contribution in [3.63, 3.8) is 0 Å². The molecule has 1 N–H and O–H groups in total. The minimum atomic E-state index is -0.00475. The summed E-state index contributed by atoms with van der Waals surface area (Å²) in [5.74, 6) is 2.21. The summed E-state index contributed by atoms with van der Waals surface area (Å²) in [6.07, 6.45) is 2.73. The van der Waals surface area contributed by atoms with Gasteiger partial charge in [-0.15, -0.1) is 0 Å². The fraction of sp³-hybridized carbons (Fsp3) is 0.947. The van der Waals surface area contributed by atoms with E-state index in [9.17, 15) is 4.79 Å². The van der Waals surface area contributed by atoms with Crippen LogP contribution in [0.2, 0.25) is 0 Å². The molecule has 0 radical (unpaired) electrons. The van der Waals surface area contributed by atoms with Crippen molar-refractivity contribution < 1.29 is 9.53 Å². The molecule has 0 aromatic rings. The molecule has 3 heterocycles. The summed E-state index contributed by atoms with van der Waals surface area (Å²) >= 11 is 0. The number of nitrogens with one attached hydrogen (secondary N) is 1. The highest BCUT2D eigenvalue weighted by molar-refractivity contribution is 5.82. The van der Waals surface area contributed by atoms with Crippen molar-refractivity contribution in [2.75, 3.05) is 39.3 Å². The number of nitrogens with zero attached hydrogens (tertiary/aromatic N) is 2. The van der Waals surface area contributed by atoms with Gasteiger partial charge in [-0.05, 0) is 57.5 Å². The lowest BCUT2D eigenvalue weighted by Crippen LogP contribution is -2.57. The molecule has 5 heteroatoms. The van der Waals surface area contributed by atoms with Crippen LogP contribution >= 0.6 is 0 Å². The predicted octanol–water partition coefficient (Wildman–Crippen LogP) is 1.58. The number of amides is 1. The van der Waals surface area contributed by atoms with Gasteiger partial charge in [0.05, 0.1) is 18.2 Å². The molecular formula is C19H35N3O2. The molecule has 5 nitrogen and oxygen atoms in total. The largest absolute Gasteiger partial charge is 0.373 e. The molecule has 3 unspecified atom stereocenters. The van der Waals surface area contributed by atoms with E-state index in [1.54, 1.807) is 0 Å². The van der Waals surface area contributed by atoms with Crippen LogP contribution < -0.4 is 5.32 Å². The monoisotopic (exact) mass is 337 g/mol. The van der Waals surface area contributed by atoms with E-state index in [-0.39, 0.29) is 18.2 Å². The summed E-state index contributed by atoms with van der Waals surface area (Å²) < 4.78 is 5.87. The minimum Gasteiger partial charge on any atom is -0.373 e. The van der Waals surface area contributed by atoms with Crippen molar-refractivity contribution >= 4 is 5.91 Å². The van der Waals surface area contributed by atoms with E-state index in [0.29, 0.717) is 11.8 Å². The molecule has 0 aromatic carbocycles. The zero-order chi connectivity index (χ0) is 17.3. The molecule has 0 saturated carbocycles. The number of hydrogen-bond donors (Lipinski definition) is 1. The second-order valence-corrected chi connectivity index (χ2v) is 8.48. The Kier molecular flexibility index (Phi) is 5.83. The molecule has 3 rings (SSSR count). The number of fused-ring (bicyclic) bond motifs is 1. The molecule has 0 spiro atoms. The molecule has 24 heavy (non-hydrogen) atoms. The smallest absolute Gasteiger partial charge is 0.240 e. The Morgan fingerprint density at radius 2 is 1.58 bits per heavy atom. The van der Waals surface area contributed by atoms with Gasteiger partial charge in [0.15, 0.2) is 0 Å². The van der Waals surface area contributed by atoms with Crippen molar-refractivity contribution in [1.82, 2.24) is 15.1 Å². The zero-order valence-electron chi connectivity index (χ0n) is 15.8. The van der Waals surface area contributed by atoms with E-state index in [2.05, 4.69) is 42.8 Å². The molecule has 3 saturated heterocycles. The first-order chi connectivity index (χ1) is 11.5. The van der Waals surface area contributed by atoms with Crippen molar-refractivity contribution in [3.8, 4) is 0 Å². The highest BCUT2D eigenvalue weighted by Crippen LogP contribution is 2.28. The van der Waals surface area contributed by atoms with E-state index < -0.39 is 0 Å². The quantitative estimate of drug-likeness (QED) is 0.849. The van der Waals surface area contributed by atoms with Crippen molar-refractivity contribution in [2.24, 2.45) is 17.8 Å². The summed E-state index contributed by atoms with van der Waals surface area (Å²) in [6.45, 7) is 14.5. The van der Waals surface area contributed by atoms with Crippen LogP contribution in [0.5, 0.6) is 0 Å². The SMILES string of the molecule is CC1CN(C(C(=O)N2CC[C@@H]3CNC[C@@H]3CC2)C(C)C)CC(C)O1. The average Bonchev–Trinajstić information content (AvgIpc) is 2.84. The molecule has 0 bridgehead atoms. The molecule has 1 amide bonds. The normalized spacial score (nSPS) is 36.5. The van der Waals surface area contributed by atoms with Crippen LogP contribution in [0, 0.1) is 17.8 Å². The maximum atomic E-state index is 13.4. The highest BCUT2D eigenvalue weighted by Gasteiger charge is 2.38. The van der Waals surface area contributed by atoms with Crippen LogP contribution in [0.4, 0.5) is 0 Å². The Bertz CT molecular complexity index is 418. The number of morpholine rings is 1. The predicted molar refractivity (Wildman–Crippen MR) is 95.9 cm³/mol. The zero-order valence-corrected chi connectivity index (χ0v) is 15.8. The van der Waals surface area contributed by atoms with E-state index >= 15 is 0 Å². The Morgan fingerprint density at radius 3 is 2.08 bits per heavy atom. The van der Waals surface area contributed by atoms with Gasteiger partial charge in [0.2, 0.25) is 5.91 Å². The average molecular weight is 338 g/mol. The first-order valence-corrected chi connectivity index (χ1v) is 9.84. The van der Waals surface area contributed by atoms with Crippen LogP contribution in [-0.2, 0) is 9.53 Å². The number of rotatable bonds is 3. The van der Waals surface area contributed by atoms with Crippen molar-refractivity contribution in [2.45, 2.75) is 58.8 Å². The maximum Gasteiger partial charge on any atom is 0.240 e. The molecule has 3 aliphatic rings. The molecule has 3 aliphatic heterocycles. The van der Waals surface area contributed by atoms with Crippen LogP contribution in [0.3, 0.4) is 0 Å². The first kappa shape index (κ1) is 18.2. The van der Waals surface area contributed by atoms with E-state index in [1.165, 1.54) is 0 Å². The fourth-order valence-electron chi connectivity index (χ4n) is 4.93. The lowest BCUT2D eigenvalue weighted by molar-refractivity contribution is -0.145. The molecule has 3 fully saturated rings. The molecule has 0 aromatic heterocycles. The van der Waals surface area contributed by atoms with Gasteiger partial charge in [0.25, 0.3) is 0 Å². The summed E-state index contributed by atoms with van der Waals surface area (Å²) in [7, 11) is 0. The van der Waals surface area contributed by atoms with Gasteiger partial charge in [-0.3, -0.25) is 9.69 Å². The lowest BCUT2D eigenvalue weighted by atomic mass is 9.92. The van der Waals surface area contributed by atoms with E-state index in [4.69, 9.17) is 4.74 Å². The summed E-state index contributed by atoms with van der Waals surface area (Å²) in [6, 6.07) is -0.00475. The number of ether oxygens (including phenoxy) is 1. The first-order valence-electron chi connectivity index (χ1n) is 9.84. The van der Waals surface area contributed by atoms with Crippen molar-refractivity contribution in [1.29, 1.82) is 0 Å². The molecular weight excluding hydrogens is 302 g/mol.